The van der Waals surface area contributed by atoms with Gasteiger partial charge in [-0.1, -0.05) is 31.0 Å². The molecule has 1 fully saturated rings. The number of hydrogen-bond donors (Lipinski definition) is 2. The summed E-state index contributed by atoms with van der Waals surface area (Å²) in [6.45, 7) is 0. The number of aromatic nitrogens is 5. The monoisotopic (exact) mass is 253 g/mol. The van der Waals surface area contributed by atoms with Gasteiger partial charge in [0.25, 0.3) is 0 Å². The van der Waals surface area contributed by atoms with E-state index in [-0.39, 0.29) is 0 Å². The third-order valence-electron chi connectivity index (χ3n) is 3.93. The first-order valence-electron chi connectivity index (χ1n) is 6.77. The molecule has 1 aromatic carbocycles. The topological polar surface area (TPSA) is 70.2 Å². The third kappa shape index (κ3) is 1.73. The molecule has 0 bridgehead atoms. The molecule has 0 atom stereocenters. The quantitative estimate of drug-likeness (QED) is 0.737. The summed E-state index contributed by atoms with van der Waals surface area (Å²) in [5.41, 5.74) is 1.85. The lowest BCUT2D eigenvalue weighted by molar-refractivity contribution is 0.672. The summed E-state index contributed by atoms with van der Waals surface area (Å²) in [6, 6.07) is 8.05. The highest BCUT2D eigenvalue weighted by Crippen LogP contribution is 2.33. The van der Waals surface area contributed by atoms with Crippen molar-refractivity contribution in [1.82, 2.24) is 25.4 Å². The number of para-hydroxylation sites is 1. The van der Waals surface area contributed by atoms with E-state index in [0.29, 0.717) is 11.7 Å². The highest BCUT2D eigenvalue weighted by Gasteiger charge is 2.22. The van der Waals surface area contributed by atoms with Gasteiger partial charge in [0.1, 0.15) is 11.5 Å². The van der Waals surface area contributed by atoms with Crippen LogP contribution >= 0.6 is 0 Å². The van der Waals surface area contributed by atoms with Crippen LogP contribution in [0.15, 0.2) is 24.3 Å². The fourth-order valence-electron chi connectivity index (χ4n) is 2.90. The zero-order chi connectivity index (χ0) is 12.7. The molecule has 0 spiro atoms. The van der Waals surface area contributed by atoms with E-state index in [0.717, 1.165) is 22.4 Å². The molecule has 0 saturated heterocycles. The Morgan fingerprint density at radius 1 is 1.00 bits per heavy atom. The third-order valence-corrected chi connectivity index (χ3v) is 3.93. The van der Waals surface area contributed by atoms with Crippen LogP contribution in [0.1, 0.15) is 37.4 Å². The van der Waals surface area contributed by atoms with Gasteiger partial charge in [-0.05, 0) is 18.9 Å². The second-order valence-corrected chi connectivity index (χ2v) is 5.14. The molecule has 0 radical (unpaired) electrons. The summed E-state index contributed by atoms with van der Waals surface area (Å²) < 4.78 is 0. The van der Waals surface area contributed by atoms with Gasteiger partial charge < -0.3 is 0 Å². The number of hydrogen-bond acceptors (Lipinski definition) is 3. The van der Waals surface area contributed by atoms with Crippen LogP contribution in [0.3, 0.4) is 0 Å². The minimum absolute atomic E-state index is 0.548. The molecule has 5 heteroatoms. The second kappa shape index (κ2) is 4.19. The van der Waals surface area contributed by atoms with Crippen LogP contribution in [-0.4, -0.2) is 25.4 Å². The van der Waals surface area contributed by atoms with Gasteiger partial charge in [0.05, 0.1) is 5.52 Å². The molecular weight excluding hydrogens is 238 g/mol. The van der Waals surface area contributed by atoms with Crippen molar-refractivity contribution in [2.45, 2.75) is 31.6 Å². The van der Waals surface area contributed by atoms with Crippen LogP contribution in [0.4, 0.5) is 0 Å². The van der Waals surface area contributed by atoms with E-state index in [2.05, 4.69) is 25.4 Å². The maximum absolute atomic E-state index is 4.64. The Hall–Kier alpha value is -2.17. The van der Waals surface area contributed by atoms with Gasteiger partial charge in [0.15, 0.2) is 0 Å². The fraction of sp³-hybridized carbons (Fsp3) is 0.357. The highest BCUT2D eigenvalue weighted by atomic mass is 15.2. The standard InChI is InChI=1S/C14H15N5/c1-2-6-9(5-1)13-15-14(19-18-13)12-10-7-3-4-8-11(10)16-17-12/h3-4,7-9H,1-2,5-6H2,(H,16,17)(H,15,18,19). The predicted molar refractivity (Wildman–Crippen MR) is 72.7 cm³/mol. The first-order chi connectivity index (χ1) is 9.42. The number of fused-ring (bicyclic) bond motifs is 1. The van der Waals surface area contributed by atoms with Crippen LogP contribution in [-0.2, 0) is 0 Å². The molecule has 19 heavy (non-hydrogen) atoms. The maximum atomic E-state index is 4.64. The van der Waals surface area contributed by atoms with E-state index in [1.165, 1.54) is 25.7 Å². The van der Waals surface area contributed by atoms with Crippen LogP contribution in [0.25, 0.3) is 22.4 Å². The summed E-state index contributed by atoms with van der Waals surface area (Å²) in [7, 11) is 0. The minimum Gasteiger partial charge on any atom is -0.277 e. The van der Waals surface area contributed by atoms with E-state index in [1.807, 2.05) is 24.3 Å². The average Bonchev–Trinajstić information content (AvgIpc) is 3.18. The summed E-state index contributed by atoms with van der Waals surface area (Å²) in [4.78, 5) is 4.64. The van der Waals surface area contributed by atoms with Crippen molar-refractivity contribution in [3.05, 3.63) is 30.1 Å². The van der Waals surface area contributed by atoms with Gasteiger partial charge in [-0.25, -0.2) is 4.98 Å². The molecule has 2 heterocycles. The molecule has 0 amide bonds. The van der Waals surface area contributed by atoms with Gasteiger partial charge in [-0.2, -0.15) is 10.2 Å². The van der Waals surface area contributed by atoms with Crippen LogP contribution in [0, 0.1) is 0 Å². The Morgan fingerprint density at radius 3 is 2.74 bits per heavy atom. The van der Waals surface area contributed by atoms with E-state index in [9.17, 15) is 0 Å². The average molecular weight is 253 g/mol. The molecular formula is C14H15N5. The van der Waals surface area contributed by atoms with E-state index < -0.39 is 0 Å². The molecule has 3 aromatic rings. The van der Waals surface area contributed by atoms with Gasteiger partial charge in [-0.3, -0.25) is 10.2 Å². The lowest BCUT2D eigenvalue weighted by Gasteiger charge is -2.01. The number of aromatic amines is 2. The van der Waals surface area contributed by atoms with Crippen molar-refractivity contribution in [1.29, 1.82) is 0 Å². The molecule has 2 N–H and O–H groups in total. The summed E-state index contributed by atoms with van der Waals surface area (Å²) >= 11 is 0. The van der Waals surface area contributed by atoms with Crippen molar-refractivity contribution in [2.75, 3.05) is 0 Å². The summed E-state index contributed by atoms with van der Waals surface area (Å²) in [5.74, 6) is 2.25. The normalized spacial score (nSPS) is 16.4. The van der Waals surface area contributed by atoms with Crippen LogP contribution in [0.2, 0.25) is 0 Å². The molecule has 96 valence electrons. The smallest absolute Gasteiger partial charge is 0.202 e. The highest BCUT2D eigenvalue weighted by molar-refractivity contribution is 5.90. The largest absolute Gasteiger partial charge is 0.277 e. The van der Waals surface area contributed by atoms with E-state index in [1.54, 1.807) is 0 Å². The maximum Gasteiger partial charge on any atom is 0.202 e. The number of rotatable bonds is 2. The first kappa shape index (κ1) is 10.7. The Labute approximate surface area is 110 Å². The summed E-state index contributed by atoms with van der Waals surface area (Å²) in [5, 5.41) is 15.8. The van der Waals surface area contributed by atoms with Gasteiger partial charge in [0.2, 0.25) is 5.82 Å². The lowest BCUT2D eigenvalue weighted by atomic mass is 10.1. The van der Waals surface area contributed by atoms with Crippen molar-refractivity contribution < 1.29 is 0 Å². The number of nitrogens with zero attached hydrogens (tertiary/aromatic N) is 3. The van der Waals surface area contributed by atoms with Crippen molar-refractivity contribution >= 4 is 10.9 Å². The van der Waals surface area contributed by atoms with Crippen molar-refractivity contribution in [3.8, 4) is 11.5 Å². The Morgan fingerprint density at radius 2 is 1.84 bits per heavy atom. The van der Waals surface area contributed by atoms with Crippen molar-refractivity contribution in [2.24, 2.45) is 0 Å². The molecule has 1 aliphatic rings. The zero-order valence-electron chi connectivity index (χ0n) is 10.6. The SMILES string of the molecule is c1ccc2c(-c3n[nH]c(C4CCCC4)n3)n[nH]c2c1. The Balaban J connectivity index is 1.76. The molecule has 5 nitrogen and oxygen atoms in total. The van der Waals surface area contributed by atoms with Gasteiger partial charge >= 0.3 is 0 Å². The number of H-pyrrole nitrogens is 2. The van der Waals surface area contributed by atoms with E-state index >= 15 is 0 Å². The minimum atomic E-state index is 0.548. The Kier molecular flexibility index (Phi) is 2.36. The molecule has 0 aliphatic heterocycles. The van der Waals surface area contributed by atoms with E-state index in [4.69, 9.17) is 0 Å². The van der Waals surface area contributed by atoms with Gasteiger partial charge in [0, 0.05) is 11.3 Å². The second-order valence-electron chi connectivity index (χ2n) is 5.14. The molecule has 2 aromatic heterocycles. The van der Waals surface area contributed by atoms with Crippen LogP contribution in [0.5, 0.6) is 0 Å². The molecule has 4 rings (SSSR count). The van der Waals surface area contributed by atoms with Gasteiger partial charge in [-0.15, -0.1) is 0 Å². The molecule has 0 unspecified atom stereocenters. The van der Waals surface area contributed by atoms with Crippen LogP contribution < -0.4 is 0 Å². The fourth-order valence-corrected chi connectivity index (χ4v) is 2.90. The molecule has 1 saturated carbocycles. The lowest BCUT2D eigenvalue weighted by Crippen LogP contribution is -1.94. The zero-order valence-corrected chi connectivity index (χ0v) is 10.6. The Bertz CT molecular complexity index is 705. The molecule has 1 aliphatic carbocycles. The summed E-state index contributed by atoms with van der Waals surface area (Å²) in [6.07, 6.45) is 5.03. The predicted octanol–water partition coefficient (Wildman–Crippen LogP) is 3.01. The number of nitrogens with one attached hydrogen (secondary N) is 2. The van der Waals surface area contributed by atoms with Crippen molar-refractivity contribution in [3.63, 3.8) is 0 Å². The number of benzene rings is 1. The first-order valence-corrected chi connectivity index (χ1v) is 6.77.